The largest absolute Gasteiger partial charge is 0.384 e. The fourth-order valence-electron chi connectivity index (χ4n) is 0. The predicted octanol–water partition coefficient (Wildman–Crippen LogP) is -0.943. The van der Waals surface area contributed by atoms with Crippen LogP contribution >= 0.6 is 0 Å². The van der Waals surface area contributed by atoms with E-state index in [0.29, 0.717) is 0 Å². The van der Waals surface area contributed by atoms with Gasteiger partial charge < -0.3 is 10.8 Å². The number of nitrogens with two attached hydrogens (primary N) is 1. The second-order valence-corrected chi connectivity index (χ2v) is 1.08. The second kappa shape index (κ2) is 3.61. The van der Waals surface area contributed by atoms with Gasteiger partial charge in [-0.2, -0.15) is 0 Å². The monoisotopic (exact) mass is 102 g/mol. The molecule has 0 aliphatic heterocycles. The van der Waals surface area contributed by atoms with Crippen molar-refractivity contribution in [2.45, 2.75) is 13.0 Å². The number of hydrogen-bond donors (Lipinski definition) is 2. The van der Waals surface area contributed by atoms with Crippen molar-refractivity contribution in [2.24, 2.45) is 5.73 Å². The first-order chi connectivity index (χ1) is 2.64. The van der Waals surface area contributed by atoms with Crippen LogP contribution in [0.15, 0.2) is 0 Å². The SMILES string of the molecule is CC(O)C(N)=O.[CH]. The Hall–Kier alpha value is -0.570. The Balaban J connectivity index is 0. The number of aliphatic hydroxyl groups excluding tert-OH is 1. The molecule has 3 heteroatoms. The van der Waals surface area contributed by atoms with E-state index in [9.17, 15) is 4.79 Å². The molecular formula is C4H8NO2. The van der Waals surface area contributed by atoms with Crippen LogP contribution in [-0.2, 0) is 4.79 Å². The Morgan fingerprint density at radius 1 is 1.86 bits per heavy atom. The van der Waals surface area contributed by atoms with E-state index < -0.39 is 12.0 Å². The number of rotatable bonds is 1. The third kappa shape index (κ3) is 5.43. The van der Waals surface area contributed by atoms with Crippen molar-refractivity contribution in [3.05, 3.63) is 7.43 Å². The molecule has 0 saturated carbocycles. The van der Waals surface area contributed by atoms with Crippen molar-refractivity contribution >= 4 is 5.91 Å². The highest BCUT2D eigenvalue weighted by Crippen LogP contribution is 1.70. The molecule has 0 aromatic carbocycles. The Bertz CT molecular complexity index is 60.7. The second-order valence-electron chi connectivity index (χ2n) is 1.08. The van der Waals surface area contributed by atoms with Gasteiger partial charge in [-0.1, -0.05) is 0 Å². The summed E-state index contributed by atoms with van der Waals surface area (Å²) in [6.07, 6.45) is -1.01. The summed E-state index contributed by atoms with van der Waals surface area (Å²) >= 11 is 0. The molecule has 0 saturated heterocycles. The lowest BCUT2D eigenvalue weighted by Crippen LogP contribution is -2.24. The first-order valence-electron chi connectivity index (χ1n) is 1.62. The van der Waals surface area contributed by atoms with Crippen LogP contribution in [0.3, 0.4) is 0 Å². The van der Waals surface area contributed by atoms with Crippen molar-refractivity contribution in [3.8, 4) is 0 Å². The molecule has 0 heterocycles. The molecule has 0 rings (SSSR count). The molecule has 41 valence electrons. The third-order valence-corrected chi connectivity index (χ3v) is 0.412. The maximum atomic E-state index is 9.67. The number of carbonyl (C=O) groups excluding carboxylic acids is 1. The highest BCUT2D eigenvalue weighted by molar-refractivity contribution is 5.77. The van der Waals surface area contributed by atoms with Crippen LogP contribution in [-0.4, -0.2) is 17.1 Å². The maximum absolute atomic E-state index is 9.67. The van der Waals surface area contributed by atoms with E-state index >= 15 is 0 Å². The Labute approximate surface area is 43.1 Å². The van der Waals surface area contributed by atoms with Crippen LogP contribution in [0.5, 0.6) is 0 Å². The molecule has 0 aromatic heterocycles. The third-order valence-electron chi connectivity index (χ3n) is 0.412. The van der Waals surface area contributed by atoms with Crippen LogP contribution in [0.4, 0.5) is 0 Å². The molecule has 0 aromatic rings. The standard InChI is InChI=1S/C3H7NO2.CH/c1-2(5)3(4)6;/h2,5H,1H3,(H2,4,6);1H. The molecular weight excluding hydrogens is 94.0 g/mol. The summed E-state index contributed by atoms with van der Waals surface area (Å²) in [6.45, 7) is 1.32. The number of primary amides is 1. The van der Waals surface area contributed by atoms with Gasteiger partial charge in [0.05, 0.1) is 0 Å². The zero-order valence-corrected chi connectivity index (χ0v) is 4.09. The number of hydrogen-bond acceptors (Lipinski definition) is 2. The molecule has 0 fully saturated rings. The number of amides is 1. The lowest BCUT2D eigenvalue weighted by molar-refractivity contribution is -0.125. The summed E-state index contributed by atoms with van der Waals surface area (Å²) in [6, 6.07) is 0. The Morgan fingerprint density at radius 3 is 2.00 bits per heavy atom. The Kier molecular flexibility index (Phi) is 4.99. The average Bonchev–Trinajstić information content (AvgIpc) is 1.36. The van der Waals surface area contributed by atoms with Gasteiger partial charge in [-0.15, -0.1) is 0 Å². The van der Waals surface area contributed by atoms with Gasteiger partial charge in [-0.3, -0.25) is 4.79 Å². The molecule has 7 heavy (non-hydrogen) atoms. The molecule has 0 bridgehead atoms. The summed E-state index contributed by atoms with van der Waals surface area (Å²) in [5, 5.41) is 8.16. The number of carbonyl (C=O) groups is 1. The van der Waals surface area contributed by atoms with E-state index in [1.807, 2.05) is 0 Å². The summed E-state index contributed by atoms with van der Waals surface area (Å²) in [7, 11) is 0. The van der Waals surface area contributed by atoms with Crippen molar-refractivity contribution in [2.75, 3.05) is 0 Å². The summed E-state index contributed by atoms with van der Waals surface area (Å²) < 4.78 is 0. The highest BCUT2D eigenvalue weighted by Gasteiger charge is 1.98. The van der Waals surface area contributed by atoms with E-state index in [1.165, 1.54) is 6.92 Å². The minimum absolute atomic E-state index is 0. The maximum Gasteiger partial charge on any atom is 0.245 e. The van der Waals surface area contributed by atoms with Crippen molar-refractivity contribution < 1.29 is 9.90 Å². The molecule has 0 spiro atoms. The molecule has 1 amide bonds. The normalized spacial score (nSPS) is 11.7. The van der Waals surface area contributed by atoms with Gasteiger partial charge in [0.2, 0.25) is 5.91 Å². The Morgan fingerprint density at radius 2 is 2.00 bits per heavy atom. The quantitative estimate of drug-likeness (QED) is 0.448. The van der Waals surface area contributed by atoms with Crippen LogP contribution in [0.2, 0.25) is 0 Å². The topological polar surface area (TPSA) is 63.3 Å². The van der Waals surface area contributed by atoms with E-state index in [2.05, 4.69) is 5.73 Å². The van der Waals surface area contributed by atoms with E-state index in [-0.39, 0.29) is 7.43 Å². The van der Waals surface area contributed by atoms with E-state index in [0.717, 1.165) is 0 Å². The molecule has 3 nitrogen and oxygen atoms in total. The molecule has 1 unspecified atom stereocenters. The smallest absolute Gasteiger partial charge is 0.245 e. The van der Waals surface area contributed by atoms with Crippen LogP contribution in [0.1, 0.15) is 6.92 Å². The minimum atomic E-state index is -1.01. The molecule has 3 N–H and O–H groups in total. The van der Waals surface area contributed by atoms with Gasteiger partial charge in [0.1, 0.15) is 6.10 Å². The van der Waals surface area contributed by atoms with Crippen LogP contribution in [0, 0.1) is 7.43 Å². The first-order valence-corrected chi connectivity index (χ1v) is 1.62. The predicted molar refractivity (Wildman–Crippen MR) is 25.2 cm³/mol. The van der Waals surface area contributed by atoms with Gasteiger partial charge >= 0.3 is 0 Å². The molecule has 0 aliphatic rings. The van der Waals surface area contributed by atoms with Gasteiger partial charge in [-0.05, 0) is 14.4 Å². The fraction of sp³-hybridized carbons (Fsp3) is 0.500. The van der Waals surface area contributed by atoms with E-state index in [4.69, 9.17) is 5.11 Å². The fourth-order valence-corrected chi connectivity index (χ4v) is 0. The molecule has 1 atom stereocenters. The number of aliphatic hydroxyl groups is 1. The average molecular weight is 102 g/mol. The highest BCUT2D eigenvalue weighted by atomic mass is 16.3. The minimum Gasteiger partial charge on any atom is -0.384 e. The van der Waals surface area contributed by atoms with Crippen molar-refractivity contribution in [1.29, 1.82) is 0 Å². The molecule has 0 aliphatic carbocycles. The van der Waals surface area contributed by atoms with Crippen molar-refractivity contribution in [1.82, 2.24) is 0 Å². The van der Waals surface area contributed by atoms with Gasteiger partial charge in [0.25, 0.3) is 0 Å². The van der Waals surface area contributed by atoms with Crippen LogP contribution < -0.4 is 5.73 Å². The molecule has 3 radical (unpaired) electrons. The zero-order valence-electron chi connectivity index (χ0n) is 4.09. The lowest BCUT2D eigenvalue weighted by atomic mass is 10.4. The van der Waals surface area contributed by atoms with Gasteiger partial charge in [0, 0.05) is 0 Å². The lowest BCUT2D eigenvalue weighted by Gasteiger charge is -1.90. The first kappa shape index (κ1) is 9.66. The van der Waals surface area contributed by atoms with E-state index in [1.54, 1.807) is 0 Å². The van der Waals surface area contributed by atoms with Gasteiger partial charge in [-0.25, -0.2) is 0 Å². The van der Waals surface area contributed by atoms with Crippen LogP contribution in [0.25, 0.3) is 0 Å². The van der Waals surface area contributed by atoms with Gasteiger partial charge in [0.15, 0.2) is 0 Å². The summed E-state index contributed by atoms with van der Waals surface area (Å²) in [4.78, 5) is 9.67. The summed E-state index contributed by atoms with van der Waals surface area (Å²) in [5.41, 5.74) is 4.55. The van der Waals surface area contributed by atoms with Crippen molar-refractivity contribution in [3.63, 3.8) is 0 Å². The summed E-state index contributed by atoms with van der Waals surface area (Å²) in [5.74, 6) is -0.685. The zero-order chi connectivity index (χ0) is 5.15.